The highest BCUT2D eigenvalue weighted by Gasteiger charge is 2.38. The molecular formula is C15H27ClN4O. The van der Waals surface area contributed by atoms with Crippen molar-refractivity contribution < 1.29 is 5.11 Å². The average molecular weight is 315 g/mol. The molecule has 5 nitrogen and oxygen atoms in total. The zero-order valence-electron chi connectivity index (χ0n) is 13.3. The number of nitrogens with zero attached hydrogens (tertiary/aromatic N) is 3. The van der Waals surface area contributed by atoms with Gasteiger partial charge in [0.2, 0.25) is 0 Å². The zero-order chi connectivity index (χ0) is 15.5. The number of aliphatic hydroxyl groups is 1. The van der Waals surface area contributed by atoms with Crippen LogP contribution >= 0.6 is 11.6 Å². The molecule has 1 aromatic rings. The van der Waals surface area contributed by atoms with Gasteiger partial charge in [-0.3, -0.25) is 4.68 Å². The topological polar surface area (TPSA) is 53.3 Å². The van der Waals surface area contributed by atoms with E-state index in [0.29, 0.717) is 11.1 Å². The van der Waals surface area contributed by atoms with Gasteiger partial charge in [-0.1, -0.05) is 18.5 Å². The van der Waals surface area contributed by atoms with Crippen molar-refractivity contribution >= 4 is 11.6 Å². The molecule has 1 aliphatic carbocycles. The summed E-state index contributed by atoms with van der Waals surface area (Å²) >= 11 is 6.31. The molecule has 120 valence electrons. The first kappa shape index (κ1) is 16.7. The molecule has 1 fully saturated rings. The summed E-state index contributed by atoms with van der Waals surface area (Å²) < 4.78 is 1.87. The predicted octanol–water partition coefficient (Wildman–Crippen LogP) is 1.84. The molecule has 0 amide bonds. The molecule has 1 saturated carbocycles. The van der Waals surface area contributed by atoms with Gasteiger partial charge in [-0.05, 0) is 46.3 Å². The Balaban J connectivity index is 2.11. The quantitative estimate of drug-likeness (QED) is 0.841. The fourth-order valence-electron chi connectivity index (χ4n) is 3.11. The van der Waals surface area contributed by atoms with Gasteiger partial charge in [-0.25, -0.2) is 0 Å². The van der Waals surface area contributed by atoms with E-state index in [1.165, 1.54) is 0 Å². The summed E-state index contributed by atoms with van der Waals surface area (Å²) in [5.41, 5.74) is -0.0489. The summed E-state index contributed by atoms with van der Waals surface area (Å²) in [6.45, 7) is 4.72. The van der Waals surface area contributed by atoms with Gasteiger partial charge in [0.15, 0.2) is 0 Å². The third-order valence-electron chi connectivity index (χ3n) is 4.30. The lowest BCUT2D eigenvalue weighted by atomic mass is 9.80. The van der Waals surface area contributed by atoms with Gasteiger partial charge in [-0.15, -0.1) is 0 Å². The standard InChI is InChI=1S/C15H27ClN4O/c1-4-17-12-5-7-15(21,8-6-12)14-13(16)11-18-20(14)10-9-19(2)3/h11-12,17,21H,4-10H2,1-3H3. The number of nitrogens with one attached hydrogen (secondary N) is 1. The molecule has 2 rings (SSSR count). The number of hydrogen-bond donors (Lipinski definition) is 2. The second kappa shape index (κ2) is 7.09. The Morgan fingerprint density at radius 3 is 2.71 bits per heavy atom. The minimum absolute atomic E-state index is 0.507. The largest absolute Gasteiger partial charge is 0.384 e. The molecule has 21 heavy (non-hydrogen) atoms. The average Bonchev–Trinajstić information content (AvgIpc) is 2.81. The van der Waals surface area contributed by atoms with Gasteiger partial charge in [-0.2, -0.15) is 5.10 Å². The summed E-state index contributed by atoms with van der Waals surface area (Å²) in [6, 6.07) is 0.507. The van der Waals surface area contributed by atoms with Crippen LogP contribution in [-0.4, -0.2) is 53.0 Å². The molecule has 1 heterocycles. The van der Waals surface area contributed by atoms with E-state index in [-0.39, 0.29) is 0 Å². The van der Waals surface area contributed by atoms with E-state index < -0.39 is 5.60 Å². The Morgan fingerprint density at radius 1 is 1.48 bits per heavy atom. The Bertz CT molecular complexity index is 453. The molecule has 0 atom stereocenters. The Morgan fingerprint density at radius 2 is 2.14 bits per heavy atom. The van der Waals surface area contributed by atoms with Crippen LogP contribution in [0.4, 0.5) is 0 Å². The molecule has 1 aromatic heterocycles. The normalized spacial score (nSPS) is 26.5. The van der Waals surface area contributed by atoms with Crippen molar-refractivity contribution in [1.29, 1.82) is 0 Å². The minimum Gasteiger partial charge on any atom is -0.384 e. The molecule has 6 heteroatoms. The monoisotopic (exact) mass is 314 g/mol. The summed E-state index contributed by atoms with van der Waals surface area (Å²) in [6.07, 6.45) is 5.07. The van der Waals surface area contributed by atoms with E-state index >= 15 is 0 Å². The van der Waals surface area contributed by atoms with Gasteiger partial charge in [0.1, 0.15) is 5.60 Å². The predicted molar refractivity (Wildman–Crippen MR) is 85.6 cm³/mol. The minimum atomic E-state index is -0.841. The molecule has 1 aliphatic rings. The maximum Gasteiger partial charge on any atom is 0.108 e. The van der Waals surface area contributed by atoms with Crippen LogP contribution in [0.3, 0.4) is 0 Å². The number of aromatic nitrogens is 2. The fourth-order valence-corrected chi connectivity index (χ4v) is 3.43. The zero-order valence-corrected chi connectivity index (χ0v) is 14.0. The van der Waals surface area contributed by atoms with Gasteiger partial charge >= 0.3 is 0 Å². The number of likely N-dealkylation sites (N-methyl/N-ethyl adjacent to an activating group) is 1. The first-order valence-electron chi connectivity index (χ1n) is 7.78. The fraction of sp³-hybridized carbons (Fsp3) is 0.800. The Hall–Kier alpha value is -0.620. The van der Waals surface area contributed by atoms with Crippen molar-refractivity contribution in [2.24, 2.45) is 0 Å². The lowest BCUT2D eigenvalue weighted by Gasteiger charge is -2.37. The van der Waals surface area contributed by atoms with E-state index in [9.17, 15) is 5.11 Å². The first-order valence-corrected chi connectivity index (χ1v) is 8.16. The lowest BCUT2D eigenvalue weighted by Crippen LogP contribution is -2.41. The van der Waals surface area contributed by atoms with E-state index in [1.54, 1.807) is 6.20 Å². The SMILES string of the molecule is CCNC1CCC(O)(c2c(Cl)cnn2CCN(C)C)CC1. The number of rotatable bonds is 6. The summed E-state index contributed by atoms with van der Waals surface area (Å²) in [5, 5.41) is 19.4. The van der Waals surface area contributed by atoms with Crippen LogP contribution in [0.1, 0.15) is 38.3 Å². The Kier molecular flexibility index (Phi) is 5.66. The van der Waals surface area contributed by atoms with Gasteiger partial charge in [0, 0.05) is 12.6 Å². The van der Waals surface area contributed by atoms with Crippen LogP contribution in [0.15, 0.2) is 6.20 Å². The molecule has 0 unspecified atom stereocenters. The molecule has 0 spiro atoms. The van der Waals surface area contributed by atoms with Crippen LogP contribution in [-0.2, 0) is 12.1 Å². The summed E-state index contributed by atoms with van der Waals surface area (Å²) in [5.74, 6) is 0. The second-order valence-corrected chi connectivity index (χ2v) is 6.64. The Labute approximate surface area is 132 Å². The van der Waals surface area contributed by atoms with Crippen molar-refractivity contribution in [3.63, 3.8) is 0 Å². The second-order valence-electron chi connectivity index (χ2n) is 6.23. The van der Waals surface area contributed by atoms with Gasteiger partial charge < -0.3 is 15.3 Å². The highest BCUT2D eigenvalue weighted by molar-refractivity contribution is 6.31. The number of halogens is 1. The third kappa shape index (κ3) is 3.97. The summed E-state index contributed by atoms with van der Waals surface area (Å²) in [4.78, 5) is 2.10. The third-order valence-corrected chi connectivity index (χ3v) is 4.58. The highest BCUT2D eigenvalue weighted by atomic mass is 35.5. The van der Waals surface area contributed by atoms with Crippen molar-refractivity contribution in [2.75, 3.05) is 27.2 Å². The lowest BCUT2D eigenvalue weighted by molar-refractivity contribution is -0.0160. The van der Waals surface area contributed by atoms with Gasteiger partial charge in [0.05, 0.1) is 23.5 Å². The molecular weight excluding hydrogens is 288 g/mol. The molecule has 0 radical (unpaired) electrons. The maximum atomic E-state index is 11.1. The van der Waals surface area contributed by atoms with Crippen molar-refractivity contribution in [1.82, 2.24) is 20.0 Å². The molecule has 0 aromatic carbocycles. The summed E-state index contributed by atoms with van der Waals surface area (Å²) in [7, 11) is 4.06. The highest BCUT2D eigenvalue weighted by Crippen LogP contribution is 2.40. The van der Waals surface area contributed by atoms with Gasteiger partial charge in [0.25, 0.3) is 0 Å². The molecule has 0 aliphatic heterocycles. The van der Waals surface area contributed by atoms with Crippen LogP contribution in [0, 0.1) is 0 Å². The van der Waals surface area contributed by atoms with Crippen LogP contribution in [0.5, 0.6) is 0 Å². The van der Waals surface area contributed by atoms with E-state index in [2.05, 4.69) is 22.2 Å². The molecule has 0 saturated heterocycles. The van der Waals surface area contributed by atoms with Crippen molar-refractivity contribution in [2.45, 2.75) is 50.8 Å². The van der Waals surface area contributed by atoms with E-state index in [0.717, 1.165) is 51.0 Å². The van der Waals surface area contributed by atoms with Crippen molar-refractivity contribution in [3.8, 4) is 0 Å². The van der Waals surface area contributed by atoms with E-state index in [4.69, 9.17) is 11.6 Å². The first-order chi connectivity index (χ1) is 9.96. The molecule has 0 bridgehead atoms. The maximum absolute atomic E-state index is 11.1. The van der Waals surface area contributed by atoms with Crippen LogP contribution < -0.4 is 5.32 Å². The van der Waals surface area contributed by atoms with Crippen LogP contribution in [0.25, 0.3) is 0 Å². The number of hydrogen-bond acceptors (Lipinski definition) is 4. The molecule has 2 N–H and O–H groups in total. The van der Waals surface area contributed by atoms with Crippen molar-refractivity contribution in [3.05, 3.63) is 16.9 Å². The smallest absolute Gasteiger partial charge is 0.108 e. The van der Waals surface area contributed by atoms with Crippen LogP contribution in [0.2, 0.25) is 5.02 Å². The van der Waals surface area contributed by atoms with E-state index in [1.807, 2.05) is 18.8 Å².